The molecule has 16 heavy (non-hydrogen) atoms. The van der Waals surface area contributed by atoms with Crippen molar-refractivity contribution in [2.24, 2.45) is 5.73 Å². The maximum Gasteiger partial charge on any atom is 0.312 e. The van der Waals surface area contributed by atoms with Gasteiger partial charge in [-0.05, 0) is 11.6 Å². The van der Waals surface area contributed by atoms with Gasteiger partial charge in [0.25, 0.3) is 5.69 Å². The first-order valence-electron chi connectivity index (χ1n) is 4.34. The summed E-state index contributed by atoms with van der Waals surface area (Å²) >= 11 is 5.78. The Morgan fingerprint density at radius 1 is 1.62 bits per heavy atom. The monoisotopic (exact) mass is 244 g/mol. The molecule has 86 valence electrons. The molecule has 0 radical (unpaired) electrons. The van der Waals surface area contributed by atoms with Crippen molar-refractivity contribution in [3.8, 4) is 0 Å². The minimum absolute atomic E-state index is 0.156. The number of carboxylic acids is 1. The molecule has 7 heteroatoms. The second-order valence-electron chi connectivity index (χ2n) is 3.09. The van der Waals surface area contributed by atoms with Gasteiger partial charge in [-0.2, -0.15) is 0 Å². The topological polar surface area (TPSA) is 106 Å². The molecule has 0 spiro atoms. The fourth-order valence-electron chi connectivity index (χ4n) is 1.27. The molecule has 6 nitrogen and oxygen atoms in total. The molecule has 1 aromatic carbocycles. The Morgan fingerprint density at radius 3 is 2.69 bits per heavy atom. The van der Waals surface area contributed by atoms with E-state index in [1.165, 1.54) is 12.1 Å². The van der Waals surface area contributed by atoms with Gasteiger partial charge in [-0.1, -0.05) is 11.6 Å². The van der Waals surface area contributed by atoms with Crippen LogP contribution in [0.25, 0.3) is 0 Å². The summed E-state index contributed by atoms with van der Waals surface area (Å²) in [6.45, 7) is -0.170. The number of hydrogen-bond donors (Lipinski definition) is 2. The molecule has 0 saturated heterocycles. The minimum atomic E-state index is -1.16. The van der Waals surface area contributed by atoms with Crippen LogP contribution in [0.5, 0.6) is 0 Å². The van der Waals surface area contributed by atoms with E-state index in [1.54, 1.807) is 0 Å². The van der Waals surface area contributed by atoms with Crippen LogP contribution in [0.2, 0.25) is 5.02 Å². The van der Waals surface area contributed by atoms with Crippen LogP contribution in [0.15, 0.2) is 18.2 Å². The molecular weight excluding hydrogens is 236 g/mol. The molecule has 3 N–H and O–H groups in total. The van der Waals surface area contributed by atoms with Crippen LogP contribution in [0.3, 0.4) is 0 Å². The lowest BCUT2D eigenvalue weighted by Gasteiger charge is -2.11. The van der Waals surface area contributed by atoms with Gasteiger partial charge in [0.05, 0.1) is 10.8 Å². The average Bonchev–Trinajstić information content (AvgIpc) is 2.20. The zero-order valence-corrected chi connectivity index (χ0v) is 8.85. The summed E-state index contributed by atoms with van der Waals surface area (Å²) in [6, 6.07) is 3.63. The van der Waals surface area contributed by atoms with Crippen LogP contribution < -0.4 is 5.73 Å². The molecule has 0 bridgehead atoms. The van der Waals surface area contributed by atoms with Crippen molar-refractivity contribution >= 4 is 23.3 Å². The molecule has 0 aliphatic heterocycles. The first kappa shape index (κ1) is 12.4. The van der Waals surface area contributed by atoms with Gasteiger partial charge in [-0.3, -0.25) is 14.9 Å². The smallest absolute Gasteiger partial charge is 0.312 e. The zero-order chi connectivity index (χ0) is 12.3. The number of nitro benzene ring substituents is 1. The van der Waals surface area contributed by atoms with Crippen LogP contribution in [0.1, 0.15) is 11.5 Å². The summed E-state index contributed by atoms with van der Waals surface area (Å²) in [6.07, 6.45) is 0. The number of non-ortho nitro benzene ring substituents is 1. The standard InChI is InChI=1S/C9H9ClN2O4/c10-8-2-1-5(12(15)16)3-6(8)7(4-11)9(13)14/h1-3,7H,4,11H2,(H,13,14). The number of rotatable bonds is 4. The van der Waals surface area contributed by atoms with Crippen molar-refractivity contribution < 1.29 is 14.8 Å². The third-order valence-corrected chi connectivity index (χ3v) is 2.44. The number of carboxylic acid groups (broad SMARTS) is 1. The molecule has 0 fully saturated rings. The van der Waals surface area contributed by atoms with Gasteiger partial charge in [0.15, 0.2) is 0 Å². The quantitative estimate of drug-likeness (QED) is 0.615. The van der Waals surface area contributed by atoms with Gasteiger partial charge < -0.3 is 10.8 Å². The number of nitrogens with zero attached hydrogens (tertiary/aromatic N) is 1. The van der Waals surface area contributed by atoms with E-state index < -0.39 is 16.8 Å². The van der Waals surface area contributed by atoms with Gasteiger partial charge in [0.1, 0.15) is 0 Å². The van der Waals surface area contributed by atoms with Crippen LogP contribution >= 0.6 is 11.6 Å². The Hall–Kier alpha value is -1.66. The lowest BCUT2D eigenvalue weighted by molar-refractivity contribution is -0.384. The minimum Gasteiger partial charge on any atom is -0.481 e. The number of nitrogens with two attached hydrogens (primary N) is 1. The lowest BCUT2D eigenvalue weighted by Crippen LogP contribution is -2.21. The number of benzene rings is 1. The van der Waals surface area contributed by atoms with Crippen molar-refractivity contribution in [2.75, 3.05) is 6.54 Å². The number of nitro groups is 1. The molecule has 1 atom stereocenters. The highest BCUT2D eigenvalue weighted by Crippen LogP contribution is 2.28. The summed E-state index contributed by atoms with van der Waals surface area (Å²) in [5.41, 5.74) is 5.24. The normalized spacial score (nSPS) is 12.1. The highest BCUT2D eigenvalue weighted by Gasteiger charge is 2.23. The molecule has 0 heterocycles. The van der Waals surface area contributed by atoms with Crippen LogP contribution in [0.4, 0.5) is 5.69 Å². The molecule has 0 aliphatic carbocycles. The van der Waals surface area contributed by atoms with Gasteiger partial charge in [0, 0.05) is 23.7 Å². The average molecular weight is 245 g/mol. The second-order valence-corrected chi connectivity index (χ2v) is 3.50. The highest BCUT2D eigenvalue weighted by molar-refractivity contribution is 6.31. The SMILES string of the molecule is NCC(C(=O)O)c1cc([N+](=O)[O-])ccc1Cl. The Bertz CT molecular complexity index is 436. The van der Waals surface area contributed by atoms with Crippen molar-refractivity contribution in [1.82, 2.24) is 0 Å². The lowest BCUT2D eigenvalue weighted by atomic mass is 9.99. The molecule has 1 unspecified atom stereocenters. The third-order valence-electron chi connectivity index (χ3n) is 2.10. The Labute approximate surface area is 95.8 Å². The fourth-order valence-corrected chi connectivity index (χ4v) is 1.52. The number of carbonyl (C=O) groups is 1. The summed E-state index contributed by atoms with van der Waals surface area (Å²) in [4.78, 5) is 20.8. The van der Waals surface area contributed by atoms with E-state index >= 15 is 0 Å². The fraction of sp³-hybridized carbons (Fsp3) is 0.222. The van der Waals surface area contributed by atoms with E-state index in [0.717, 1.165) is 6.07 Å². The largest absolute Gasteiger partial charge is 0.481 e. The van der Waals surface area contributed by atoms with Crippen LogP contribution in [0, 0.1) is 10.1 Å². The van der Waals surface area contributed by atoms with Crippen molar-refractivity contribution in [2.45, 2.75) is 5.92 Å². The molecular formula is C9H9ClN2O4. The summed E-state index contributed by atoms with van der Waals surface area (Å²) in [5.74, 6) is -2.20. The van der Waals surface area contributed by atoms with E-state index in [4.69, 9.17) is 22.4 Å². The number of hydrogen-bond acceptors (Lipinski definition) is 4. The summed E-state index contributed by atoms with van der Waals surface area (Å²) < 4.78 is 0. The number of aliphatic carboxylic acids is 1. The van der Waals surface area contributed by atoms with Crippen LogP contribution in [-0.4, -0.2) is 22.5 Å². The predicted octanol–water partition coefficient (Wildman–Crippen LogP) is 1.38. The van der Waals surface area contributed by atoms with E-state index in [-0.39, 0.29) is 22.8 Å². The van der Waals surface area contributed by atoms with Gasteiger partial charge in [0.2, 0.25) is 0 Å². The third kappa shape index (κ3) is 2.47. The maximum atomic E-state index is 10.9. The zero-order valence-electron chi connectivity index (χ0n) is 8.09. The van der Waals surface area contributed by atoms with Crippen molar-refractivity contribution in [3.63, 3.8) is 0 Å². The first-order valence-corrected chi connectivity index (χ1v) is 4.72. The highest BCUT2D eigenvalue weighted by atomic mass is 35.5. The Kier molecular flexibility index (Phi) is 3.81. The van der Waals surface area contributed by atoms with Crippen LogP contribution in [-0.2, 0) is 4.79 Å². The molecule has 1 rings (SSSR count). The Morgan fingerprint density at radius 2 is 2.25 bits per heavy atom. The van der Waals surface area contributed by atoms with Gasteiger partial charge >= 0.3 is 5.97 Å². The summed E-state index contributed by atoms with van der Waals surface area (Å²) in [7, 11) is 0. The van der Waals surface area contributed by atoms with E-state index in [1.807, 2.05) is 0 Å². The van der Waals surface area contributed by atoms with Crippen molar-refractivity contribution in [1.29, 1.82) is 0 Å². The Balaban J connectivity index is 3.25. The van der Waals surface area contributed by atoms with Gasteiger partial charge in [-0.15, -0.1) is 0 Å². The van der Waals surface area contributed by atoms with Gasteiger partial charge in [-0.25, -0.2) is 0 Å². The first-order chi connectivity index (χ1) is 7.47. The van der Waals surface area contributed by atoms with E-state index in [2.05, 4.69) is 0 Å². The number of halogens is 1. The summed E-state index contributed by atoms with van der Waals surface area (Å²) in [5, 5.41) is 19.6. The van der Waals surface area contributed by atoms with Crippen molar-refractivity contribution in [3.05, 3.63) is 38.9 Å². The maximum absolute atomic E-state index is 10.9. The molecule has 0 aromatic heterocycles. The molecule has 0 aliphatic rings. The second kappa shape index (κ2) is 4.91. The van der Waals surface area contributed by atoms with E-state index in [9.17, 15) is 14.9 Å². The molecule has 1 aromatic rings. The molecule has 0 saturated carbocycles. The molecule has 0 amide bonds. The predicted molar refractivity (Wildman–Crippen MR) is 57.5 cm³/mol. The van der Waals surface area contributed by atoms with E-state index in [0.29, 0.717) is 0 Å².